The molecule has 0 unspecified atom stereocenters. The van der Waals surface area contributed by atoms with Crippen molar-refractivity contribution in [2.75, 3.05) is 20.2 Å². The summed E-state index contributed by atoms with van der Waals surface area (Å²) in [5.74, 6) is 0.438. The molecule has 3 amide bonds. The number of methoxy groups -OCH3 is 1. The first-order valence-corrected chi connectivity index (χ1v) is 12.1. The molecule has 0 bridgehead atoms. The summed E-state index contributed by atoms with van der Waals surface area (Å²) in [6, 6.07) is 14.2. The van der Waals surface area contributed by atoms with Crippen LogP contribution in [0.3, 0.4) is 0 Å². The van der Waals surface area contributed by atoms with Gasteiger partial charge in [-0.3, -0.25) is 9.69 Å². The maximum atomic E-state index is 13.3. The van der Waals surface area contributed by atoms with Gasteiger partial charge in [-0.2, -0.15) is 0 Å². The molecule has 0 saturated carbocycles. The van der Waals surface area contributed by atoms with Gasteiger partial charge in [-0.25, -0.2) is 9.18 Å². The molecule has 1 N–H and O–H groups in total. The minimum Gasteiger partial charge on any atom is -0.497 e. The summed E-state index contributed by atoms with van der Waals surface area (Å²) in [5.41, 5.74) is 1.14. The number of nitrogens with zero attached hydrogens (tertiary/aromatic N) is 2. The number of amides is 3. The second-order valence-electron chi connectivity index (χ2n) is 9.70. The van der Waals surface area contributed by atoms with Crippen molar-refractivity contribution in [3.05, 3.63) is 65.5 Å². The number of halogens is 1. The molecule has 2 aliphatic heterocycles. The van der Waals surface area contributed by atoms with E-state index >= 15 is 0 Å². The van der Waals surface area contributed by atoms with Gasteiger partial charge in [0, 0.05) is 6.04 Å². The fourth-order valence-electron chi connectivity index (χ4n) is 5.18. The predicted molar refractivity (Wildman–Crippen MR) is 129 cm³/mol. The Bertz CT molecular complexity index is 1000. The van der Waals surface area contributed by atoms with Crippen molar-refractivity contribution in [2.45, 2.75) is 57.7 Å². The van der Waals surface area contributed by atoms with Crippen molar-refractivity contribution in [3.8, 4) is 5.75 Å². The Kier molecular flexibility index (Phi) is 7.22. The maximum Gasteiger partial charge on any atom is 0.325 e. The molecule has 0 spiro atoms. The van der Waals surface area contributed by atoms with E-state index < -0.39 is 5.54 Å². The van der Waals surface area contributed by atoms with Crippen molar-refractivity contribution in [3.63, 3.8) is 0 Å². The zero-order valence-electron chi connectivity index (χ0n) is 20.2. The first kappa shape index (κ1) is 24.2. The zero-order valence-corrected chi connectivity index (χ0v) is 20.2. The standard InChI is InChI=1S/C27H34FN3O3/c1-19(4-5-20-8-12-24(34-3)13-9-20)30-16-14-22(15-17-30)27(2)25(32)31(26(33)29-27)18-21-6-10-23(28)11-7-21/h6-13,19,22H,4-5,14-18H2,1-3H3,(H,29,33)/t19-,27+/m0/s1. The first-order chi connectivity index (χ1) is 16.3. The number of nitrogens with one attached hydrogen (secondary N) is 1. The number of aryl methyl sites for hydroxylation is 1. The van der Waals surface area contributed by atoms with Gasteiger partial charge in [0.2, 0.25) is 0 Å². The predicted octanol–water partition coefficient (Wildman–Crippen LogP) is 4.38. The summed E-state index contributed by atoms with van der Waals surface area (Å²) in [4.78, 5) is 29.7. The molecule has 2 fully saturated rings. The number of hydrogen-bond donors (Lipinski definition) is 1. The Hall–Kier alpha value is -2.93. The lowest BCUT2D eigenvalue weighted by Crippen LogP contribution is -2.54. The lowest BCUT2D eigenvalue weighted by atomic mass is 9.78. The van der Waals surface area contributed by atoms with Gasteiger partial charge >= 0.3 is 6.03 Å². The average Bonchev–Trinajstić information content (AvgIpc) is 3.08. The van der Waals surface area contributed by atoms with E-state index in [4.69, 9.17) is 4.74 Å². The molecule has 2 aromatic carbocycles. The van der Waals surface area contributed by atoms with Crippen LogP contribution in [-0.4, -0.2) is 53.5 Å². The highest BCUT2D eigenvalue weighted by molar-refractivity contribution is 6.06. The smallest absolute Gasteiger partial charge is 0.325 e. The lowest BCUT2D eigenvalue weighted by molar-refractivity contribution is -0.133. The molecule has 2 saturated heterocycles. The number of imide groups is 1. The molecule has 0 aliphatic carbocycles. The van der Waals surface area contributed by atoms with Gasteiger partial charge in [-0.1, -0.05) is 24.3 Å². The van der Waals surface area contributed by atoms with Gasteiger partial charge in [0.1, 0.15) is 17.1 Å². The van der Waals surface area contributed by atoms with E-state index in [1.54, 1.807) is 19.2 Å². The zero-order chi connectivity index (χ0) is 24.3. The minimum atomic E-state index is -0.893. The lowest BCUT2D eigenvalue weighted by Gasteiger charge is -2.41. The third-order valence-electron chi connectivity index (χ3n) is 7.53. The van der Waals surface area contributed by atoms with Gasteiger partial charge in [-0.15, -0.1) is 0 Å². The molecule has 4 rings (SSSR count). The van der Waals surface area contributed by atoms with Crippen molar-refractivity contribution >= 4 is 11.9 Å². The van der Waals surface area contributed by atoms with Crippen LogP contribution in [-0.2, 0) is 17.8 Å². The van der Waals surface area contributed by atoms with Crippen LogP contribution in [0.4, 0.5) is 9.18 Å². The number of likely N-dealkylation sites (tertiary alicyclic amines) is 1. The molecule has 182 valence electrons. The van der Waals surface area contributed by atoms with E-state index in [2.05, 4.69) is 29.3 Å². The van der Waals surface area contributed by atoms with E-state index in [0.29, 0.717) is 6.04 Å². The summed E-state index contributed by atoms with van der Waals surface area (Å²) in [6.45, 7) is 6.09. The van der Waals surface area contributed by atoms with E-state index in [1.807, 2.05) is 19.1 Å². The second kappa shape index (κ2) is 10.1. The van der Waals surface area contributed by atoms with Crippen LogP contribution in [0, 0.1) is 11.7 Å². The maximum absolute atomic E-state index is 13.3. The van der Waals surface area contributed by atoms with Crippen LogP contribution in [0.2, 0.25) is 0 Å². The average molecular weight is 468 g/mol. The molecule has 2 heterocycles. The molecule has 0 aromatic heterocycles. The SMILES string of the molecule is COc1ccc(CC[C@H](C)N2CCC([C@@]3(C)NC(=O)N(Cc4ccc(F)cc4)C3=O)CC2)cc1. The number of carbonyl (C=O) groups is 2. The number of ether oxygens (including phenoxy) is 1. The van der Waals surface area contributed by atoms with Crippen LogP contribution in [0.1, 0.15) is 44.2 Å². The molecule has 6 nitrogen and oxygen atoms in total. The van der Waals surface area contributed by atoms with Crippen LogP contribution >= 0.6 is 0 Å². The number of piperidine rings is 1. The van der Waals surface area contributed by atoms with Crippen molar-refractivity contribution in [2.24, 2.45) is 5.92 Å². The third-order valence-corrected chi connectivity index (χ3v) is 7.53. The topological polar surface area (TPSA) is 61.9 Å². The molecule has 2 atom stereocenters. The van der Waals surface area contributed by atoms with Gasteiger partial charge in [0.25, 0.3) is 5.91 Å². The monoisotopic (exact) mass is 467 g/mol. The quantitative estimate of drug-likeness (QED) is 0.586. The summed E-state index contributed by atoms with van der Waals surface area (Å²) < 4.78 is 18.4. The second-order valence-corrected chi connectivity index (χ2v) is 9.70. The highest BCUT2D eigenvalue weighted by atomic mass is 19.1. The van der Waals surface area contributed by atoms with Crippen molar-refractivity contribution in [1.29, 1.82) is 0 Å². The number of benzene rings is 2. The fourth-order valence-corrected chi connectivity index (χ4v) is 5.18. The Morgan fingerprint density at radius 2 is 1.68 bits per heavy atom. The Balaban J connectivity index is 1.30. The molecular weight excluding hydrogens is 433 g/mol. The van der Waals surface area contributed by atoms with Crippen molar-refractivity contribution < 1.29 is 18.7 Å². The van der Waals surface area contributed by atoms with Crippen LogP contribution < -0.4 is 10.1 Å². The van der Waals surface area contributed by atoms with E-state index in [0.717, 1.165) is 50.1 Å². The number of rotatable bonds is 8. The number of carbonyl (C=O) groups excluding carboxylic acids is 2. The van der Waals surface area contributed by atoms with Crippen LogP contribution in [0.15, 0.2) is 48.5 Å². The summed E-state index contributed by atoms with van der Waals surface area (Å²) in [7, 11) is 1.68. The largest absolute Gasteiger partial charge is 0.497 e. The Morgan fingerprint density at radius 1 is 1.06 bits per heavy atom. The van der Waals surface area contributed by atoms with Crippen LogP contribution in [0.25, 0.3) is 0 Å². The summed E-state index contributed by atoms with van der Waals surface area (Å²) in [5, 5.41) is 2.97. The third kappa shape index (κ3) is 5.09. The van der Waals surface area contributed by atoms with Gasteiger partial charge in [0.05, 0.1) is 13.7 Å². The molecule has 7 heteroatoms. The fraction of sp³-hybridized carbons (Fsp3) is 0.481. The van der Waals surface area contributed by atoms with Crippen LogP contribution in [0.5, 0.6) is 5.75 Å². The number of hydrogen-bond acceptors (Lipinski definition) is 4. The normalized spacial score (nSPS) is 22.6. The highest BCUT2D eigenvalue weighted by Crippen LogP contribution is 2.34. The van der Waals surface area contributed by atoms with Gasteiger partial charge in [-0.05, 0) is 93.9 Å². The van der Waals surface area contributed by atoms with E-state index in [1.165, 1.54) is 22.6 Å². The highest BCUT2D eigenvalue weighted by Gasteiger charge is 2.52. The molecular formula is C27H34FN3O3. The summed E-state index contributed by atoms with van der Waals surface area (Å²) in [6.07, 6.45) is 3.80. The van der Waals surface area contributed by atoms with Gasteiger partial charge in [0.15, 0.2) is 0 Å². The molecule has 0 radical (unpaired) electrons. The van der Waals surface area contributed by atoms with E-state index in [-0.39, 0.29) is 30.2 Å². The van der Waals surface area contributed by atoms with E-state index in [9.17, 15) is 14.0 Å². The Morgan fingerprint density at radius 3 is 2.29 bits per heavy atom. The Labute approximate surface area is 201 Å². The summed E-state index contributed by atoms with van der Waals surface area (Å²) >= 11 is 0. The van der Waals surface area contributed by atoms with Gasteiger partial charge < -0.3 is 15.0 Å². The molecule has 2 aromatic rings. The van der Waals surface area contributed by atoms with Crippen molar-refractivity contribution in [1.82, 2.24) is 15.1 Å². The minimum absolute atomic E-state index is 0.0900. The number of urea groups is 1. The first-order valence-electron chi connectivity index (χ1n) is 12.1. The molecule has 34 heavy (non-hydrogen) atoms. The molecule has 2 aliphatic rings.